The van der Waals surface area contributed by atoms with Gasteiger partial charge in [-0.3, -0.25) is 4.79 Å². The van der Waals surface area contributed by atoms with Gasteiger partial charge in [-0.05, 0) is 83.1 Å². The third kappa shape index (κ3) is 4.84. The van der Waals surface area contributed by atoms with Gasteiger partial charge in [-0.15, -0.1) is 0 Å². The zero-order chi connectivity index (χ0) is 26.1. The van der Waals surface area contributed by atoms with Crippen LogP contribution in [-0.4, -0.2) is 15.9 Å². The van der Waals surface area contributed by atoms with Crippen LogP contribution in [0.2, 0.25) is 0 Å². The molecule has 186 valence electrons. The van der Waals surface area contributed by atoms with E-state index in [4.69, 9.17) is 14.1 Å². The number of halogens is 1. The summed E-state index contributed by atoms with van der Waals surface area (Å²) < 4.78 is 14.3. The van der Waals surface area contributed by atoms with Crippen LogP contribution in [0.25, 0.3) is 33.5 Å². The Morgan fingerprint density at radius 3 is 2.66 bits per heavy atom. The third-order valence-corrected chi connectivity index (χ3v) is 7.00. The standard InChI is InChI=1S/C31H22IN3O3/c1-20-7-6-8-22(15-20)19-37-28-14-13-21(16-25(28)32)18-33-35-30(29-17-23-9-2-5-12-27(23)38-29)34-26-11-4-3-10-24(26)31(35)36/h2-18H,19H2,1H3. The Morgan fingerprint density at radius 1 is 0.974 bits per heavy atom. The number of rotatable bonds is 6. The molecule has 38 heavy (non-hydrogen) atoms. The van der Waals surface area contributed by atoms with Crippen LogP contribution in [0.15, 0.2) is 111 Å². The van der Waals surface area contributed by atoms with Gasteiger partial charge in [0.15, 0.2) is 5.76 Å². The van der Waals surface area contributed by atoms with Gasteiger partial charge in [-0.2, -0.15) is 9.78 Å². The lowest BCUT2D eigenvalue weighted by Crippen LogP contribution is -2.20. The van der Waals surface area contributed by atoms with Crippen LogP contribution >= 0.6 is 22.6 Å². The lowest BCUT2D eigenvalue weighted by atomic mass is 10.1. The second kappa shape index (κ2) is 10.3. The molecule has 0 aliphatic carbocycles. The summed E-state index contributed by atoms with van der Waals surface area (Å²) in [4.78, 5) is 18.2. The first-order valence-corrected chi connectivity index (χ1v) is 13.2. The maximum Gasteiger partial charge on any atom is 0.282 e. The molecule has 2 heterocycles. The number of nitrogens with zero attached hydrogens (tertiary/aromatic N) is 3. The smallest absolute Gasteiger partial charge is 0.282 e. The van der Waals surface area contributed by atoms with Crippen LogP contribution in [0.5, 0.6) is 5.75 Å². The molecular weight excluding hydrogens is 589 g/mol. The molecule has 7 heteroatoms. The second-order valence-electron chi connectivity index (χ2n) is 8.93. The van der Waals surface area contributed by atoms with Gasteiger partial charge in [-0.25, -0.2) is 4.98 Å². The van der Waals surface area contributed by atoms with E-state index in [0.29, 0.717) is 29.1 Å². The molecule has 0 fully saturated rings. The number of para-hydroxylation sites is 2. The minimum atomic E-state index is -0.268. The van der Waals surface area contributed by atoms with Crippen molar-refractivity contribution >= 4 is 50.7 Å². The van der Waals surface area contributed by atoms with Crippen molar-refractivity contribution in [2.45, 2.75) is 13.5 Å². The molecule has 0 N–H and O–H groups in total. The number of hydrogen-bond acceptors (Lipinski definition) is 5. The minimum absolute atomic E-state index is 0.268. The largest absolute Gasteiger partial charge is 0.488 e. The summed E-state index contributed by atoms with van der Waals surface area (Å²) in [5, 5.41) is 5.97. The van der Waals surface area contributed by atoms with Crippen molar-refractivity contribution < 1.29 is 9.15 Å². The summed E-state index contributed by atoms with van der Waals surface area (Å²) in [5.41, 5.74) is 4.18. The van der Waals surface area contributed by atoms with Crippen molar-refractivity contribution in [3.05, 3.63) is 128 Å². The van der Waals surface area contributed by atoms with Crippen LogP contribution in [0.4, 0.5) is 0 Å². The van der Waals surface area contributed by atoms with E-state index in [1.54, 1.807) is 12.3 Å². The van der Waals surface area contributed by atoms with Gasteiger partial charge in [0.2, 0.25) is 5.82 Å². The Bertz CT molecular complexity index is 1850. The van der Waals surface area contributed by atoms with E-state index < -0.39 is 0 Å². The molecule has 0 radical (unpaired) electrons. The van der Waals surface area contributed by atoms with Crippen LogP contribution in [-0.2, 0) is 6.61 Å². The van der Waals surface area contributed by atoms with Gasteiger partial charge in [0.1, 0.15) is 17.9 Å². The molecule has 6 aromatic rings. The molecule has 0 unspecified atom stereocenters. The number of fused-ring (bicyclic) bond motifs is 2. The molecule has 0 aliphatic rings. The topological polar surface area (TPSA) is 69.6 Å². The lowest BCUT2D eigenvalue weighted by Gasteiger charge is -2.10. The number of ether oxygens (including phenoxy) is 1. The average molecular weight is 611 g/mol. The van der Waals surface area contributed by atoms with E-state index in [9.17, 15) is 4.79 Å². The summed E-state index contributed by atoms with van der Waals surface area (Å²) in [6, 6.07) is 30.9. The van der Waals surface area contributed by atoms with E-state index in [2.05, 4.69) is 52.8 Å². The first-order valence-electron chi connectivity index (χ1n) is 12.1. The fourth-order valence-corrected chi connectivity index (χ4v) is 4.98. The van der Waals surface area contributed by atoms with Crippen molar-refractivity contribution in [2.75, 3.05) is 0 Å². The fraction of sp³-hybridized carbons (Fsp3) is 0.0645. The summed E-state index contributed by atoms with van der Waals surface area (Å²) in [6.07, 6.45) is 1.65. The van der Waals surface area contributed by atoms with E-state index in [1.165, 1.54) is 10.2 Å². The molecule has 0 saturated carbocycles. The fourth-order valence-electron chi connectivity index (χ4n) is 4.28. The molecule has 4 aromatic carbocycles. The molecular formula is C31H22IN3O3. The van der Waals surface area contributed by atoms with Gasteiger partial charge < -0.3 is 9.15 Å². The van der Waals surface area contributed by atoms with E-state index in [-0.39, 0.29) is 5.56 Å². The normalized spacial score (nSPS) is 11.5. The molecule has 0 amide bonds. The van der Waals surface area contributed by atoms with E-state index in [0.717, 1.165) is 31.4 Å². The quantitative estimate of drug-likeness (QED) is 0.148. The highest BCUT2D eigenvalue weighted by Crippen LogP contribution is 2.27. The highest BCUT2D eigenvalue weighted by molar-refractivity contribution is 14.1. The number of aromatic nitrogens is 2. The molecule has 0 aliphatic heterocycles. The minimum Gasteiger partial charge on any atom is -0.488 e. The maximum absolute atomic E-state index is 13.5. The summed E-state index contributed by atoms with van der Waals surface area (Å²) >= 11 is 2.25. The highest BCUT2D eigenvalue weighted by atomic mass is 127. The number of furan rings is 1. The van der Waals surface area contributed by atoms with Crippen molar-refractivity contribution in [1.29, 1.82) is 0 Å². The van der Waals surface area contributed by atoms with Gasteiger partial charge >= 0.3 is 0 Å². The summed E-state index contributed by atoms with van der Waals surface area (Å²) in [7, 11) is 0. The highest BCUT2D eigenvalue weighted by Gasteiger charge is 2.16. The van der Waals surface area contributed by atoms with Crippen molar-refractivity contribution in [2.24, 2.45) is 5.10 Å². The van der Waals surface area contributed by atoms with E-state index in [1.807, 2.05) is 72.8 Å². The Morgan fingerprint density at radius 2 is 1.82 bits per heavy atom. The van der Waals surface area contributed by atoms with Gasteiger partial charge in [0.25, 0.3) is 5.56 Å². The number of benzene rings is 4. The van der Waals surface area contributed by atoms with Crippen LogP contribution in [0, 0.1) is 10.5 Å². The van der Waals surface area contributed by atoms with Gasteiger partial charge in [-0.1, -0.05) is 60.2 Å². The number of hydrogen-bond donors (Lipinski definition) is 0. The van der Waals surface area contributed by atoms with E-state index >= 15 is 0 Å². The summed E-state index contributed by atoms with van der Waals surface area (Å²) in [5.74, 6) is 1.60. The van der Waals surface area contributed by atoms with Crippen LogP contribution < -0.4 is 10.3 Å². The average Bonchev–Trinajstić information content (AvgIpc) is 3.36. The molecule has 0 saturated heterocycles. The predicted octanol–water partition coefficient (Wildman–Crippen LogP) is 7.18. The Balaban J connectivity index is 1.35. The maximum atomic E-state index is 13.5. The Labute approximate surface area is 232 Å². The van der Waals surface area contributed by atoms with Crippen molar-refractivity contribution in [3.63, 3.8) is 0 Å². The van der Waals surface area contributed by atoms with Crippen LogP contribution in [0.3, 0.4) is 0 Å². The molecule has 0 bridgehead atoms. The van der Waals surface area contributed by atoms with Crippen molar-refractivity contribution in [3.8, 4) is 17.3 Å². The first kappa shape index (κ1) is 24.1. The predicted molar refractivity (Wildman–Crippen MR) is 159 cm³/mol. The molecule has 6 nitrogen and oxygen atoms in total. The Kier molecular flexibility index (Phi) is 6.51. The van der Waals surface area contributed by atoms with Gasteiger partial charge in [0, 0.05) is 5.39 Å². The van der Waals surface area contributed by atoms with Gasteiger partial charge in [0.05, 0.1) is 20.7 Å². The first-order chi connectivity index (χ1) is 18.5. The molecule has 2 aromatic heterocycles. The summed E-state index contributed by atoms with van der Waals surface area (Å²) in [6.45, 7) is 2.56. The third-order valence-electron chi connectivity index (χ3n) is 6.15. The zero-order valence-electron chi connectivity index (χ0n) is 20.5. The molecule has 0 spiro atoms. The monoisotopic (exact) mass is 611 g/mol. The molecule has 6 rings (SSSR count). The van der Waals surface area contributed by atoms with Crippen LogP contribution in [0.1, 0.15) is 16.7 Å². The van der Waals surface area contributed by atoms with Crippen molar-refractivity contribution in [1.82, 2.24) is 9.66 Å². The molecule has 0 atom stereocenters. The Hall–Kier alpha value is -4.24. The SMILES string of the molecule is Cc1cccc(COc2ccc(C=Nn3c(-c4cc5ccccc5o4)nc4ccccc4c3=O)cc2I)c1. The second-order valence-corrected chi connectivity index (χ2v) is 10.1. The lowest BCUT2D eigenvalue weighted by molar-refractivity contribution is 0.304. The zero-order valence-corrected chi connectivity index (χ0v) is 22.6. The number of aryl methyl sites for hydroxylation is 1.